The Labute approximate surface area is 154 Å². The van der Waals surface area contributed by atoms with Gasteiger partial charge in [-0.05, 0) is 25.1 Å². The van der Waals surface area contributed by atoms with Gasteiger partial charge in [0.25, 0.3) is 5.91 Å². The van der Waals surface area contributed by atoms with E-state index in [1.807, 2.05) is 36.1 Å². The molecule has 3 aromatic rings. The van der Waals surface area contributed by atoms with Crippen molar-refractivity contribution in [2.75, 3.05) is 38.2 Å². The van der Waals surface area contributed by atoms with Crippen molar-refractivity contribution in [1.29, 1.82) is 0 Å². The van der Waals surface area contributed by atoms with Gasteiger partial charge in [-0.1, -0.05) is 0 Å². The second-order valence-electron chi connectivity index (χ2n) is 6.06. The highest BCUT2D eigenvalue weighted by Crippen LogP contribution is 2.20. The third-order valence-electron chi connectivity index (χ3n) is 4.40. The molecule has 0 saturated carbocycles. The van der Waals surface area contributed by atoms with Crippen molar-refractivity contribution in [2.24, 2.45) is 0 Å². The Morgan fingerprint density at radius 3 is 2.62 bits per heavy atom. The lowest BCUT2D eigenvalue weighted by Crippen LogP contribution is -2.49. The average Bonchev–Trinajstić information content (AvgIpc) is 3.14. The van der Waals surface area contributed by atoms with Crippen molar-refractivity contribution in [1.82, 2.24) is 23.6 Å². The molecule has 0 atom stereocenters. The molecule has 1 fully saturated rings. The fraction of sp³-hybridized carbons (Fsp3) is 0.353. The van der Waals surface area contributed by atoms with Gasteiger partial charge in [0.05, 0.1) is 18.8 Å². The second kappa shape index (κ2) is 6.83. The maximum atomic E-state index is 12.8. The Hall–Kier alpha value is -2.81. The van der Waals surface area contributed by atoms with Gasteiger partial charge in [-0.25, -0.2) is 4.98 Å². The molecule has 0 unspecified atom stereocenters. The van der Waals surface area contributed by atoms with Crippen LogP contribution in [0.15, 0.2) is 24.3 Å². The Morgan fingerprint density at radius 1 is 1.08 bits per heavy atom. The fourth-order valence-electron chi connectivity index (χ4n) is 3.03. The molecule has 4 rings (SSSR count). The average molecular weight is 370 g/mol. The number of nitrogens with zero attached hydrogens (tertiary/aromatic N) is 6. The summed E-state index contributed by atoms with van der Waals surface area (Å²) in [4.78, 5) is 25.5. The van der Waals surface area contributed by atoms with Crippen LogP contribution in [0.3, 0.4) is 0 Å². The third kappa shape index (κ3) is 3.17. The summed E-state index contributed by atoms with van der Waals surface area (Å²) in [6.07, 6.45) is 0. The number of anilines is 1. The summed E-state index contributed by atoms with van der Waals surface area (Å²) in [7, 11) is 1.59. The number of carbonyl (C=O) groups excluding carboxylic acids is 1. The number of hydrogen-bond donors (Lipinski definition) is 0. The van der Waals surface area contributed by atoms with Gasteiger partial charge in [0, 0.05) is 37.8 Å². The van der Waals surface area contributed by atoms with Crippen molar-refractivity contribution in [2.45, 2.75) is 6.92 Å². The first-order chi connectivity index (χ1) is 12.6. The van der Waals surface area contributed by atoms with E-state index in [1.54, 1.807) is 7.11 Å². The number of fused-ring (bicyclic) bond motifs is 1. The van der Waals surface area contributed by atoms with E-state index in [0.29, 0.717) is 43.4 Å². The van der Waals surface area contributed by atoms with E-state index in [0.717, 1.165) is 28.6 Å². The minimum atomic E-state index is 0.0241. The number of methoxy groups -OCH3 is 1. The SMILES string of the molecule is COc1cc(N2CCN(C(=O)c3ccc4nsnc4c3)CC2)nc(C)n1. The van der Waals surface area contributed by atoms with Gasteiger partial charge in [0.1, 0.15) is 22.7 Å². The molecule has 0 bridgehead atoms. The van der Waals surface area contributed by atoms with Crippen molar-refractivity contribution >= 4 is 34.5 Å². The standard InChI is InChI=1S/C17H18N6O2S/c1-11-18-15(10-16(19-11)25-2)22-5-7-23(8-6-22)17(24)12-3-4-13-14(9-12)21-26-20-13/h3-4,9-10H,5-8H2,1-2H3. The summed E-state index contributed by atoms with van der Waals surface area (Å²) in [5.74, 6) is 2.08. The van der Waals surface area contributed by atoms with E-state index in [9.17, 15) is 4.79 Å². The zero-order valence-corrected chi connectivity index (χ0v) is 15.4. The Balaban J connectivity index is 1.46. The summed E-state index contributed by atoms with van der Waals surface area (Å²) < 4.78 is 13.6. The van der Waals surface area contributed by atoms with Crippen LogP contribution in [0, 0.1) is 6.92 Å². The van der Waals surface area contributed by atoms with Gasteiger partial charge in [0.2, 0.25) is 5.88 Å². The van der Waals surface area contributed by atoms with Crippen LogP contribution < -0.4 is 9.64 Å². The van der Waals surface area contributed by atoms with Gasteiger partial charge in [-0.2, -0.15) is 13.7 Å². The van der Waals surface area contributed by atoms with E-state index in [1.165, 1.54) is 0 Å². The van der Waals surface area contributed by atoms with Gasteiger partial charge < -0.3 is 14.5 Å². The Kier molecular flexibility index (Phi) is 4.37. The van der Waals surface area contributed by atoms with Gasteiger partial charge in [-0.15, -0.1) is 0 Å². The van der Waals surface area contributed by atoms with Crippen LogP contribution in [0.1, 0.15) is 16.2 Å². The molecule has 9 heteroatoms. The van der Waals surface area contributed by atoms with Crippen molar-refractivity contribution in [3.05, 3.63) is 35.7 Å². The minimum absolute atomic E-state index is 0.0241. The molecule has 26 heavy (non-hydrogen) atoms. The molecule has 2 aromatic heterocycles. The van der Waals surface area contributed by atoms with E-state index in [2.05, 4.69) is 23.6 Å². The lowest BCUT2D eigenvalue weighted by Gasteiger charge is -2.35. The molecule has 8 nitrogen and oxygen atoms in total. The van der Waals surface area contributed by atoms with Crippen LogP contribution in [0.4, 0.5) is 5.82 Å². The van der Waals surface area contributed by atoms with E-state index >= 15 is 0 Å². The maximum absolute atomic E-state index is 12.8. The molecule has 1 aromatic carbocycles. The number of rotatable bonds is 3. The summed E-state index contributed by atoms with van der Waals surface area (Å²) in [6.45, 7) is 4.54. The highest BCUT2D eigenvalue weighted by atomic mass is 32.1. The topological polar surface area (TPSA) is 84.3 Å². The first-order valence-electron chi connectivity index (χ1n) is 8.30. The molecule has 1 aliphatic heterocycles. The number of piperazine rings is 1. The zero-order chi connectivity index (χ0) is 18.1. The van der Waals surface area contributed by atoms with Gasteiger partial charge >= 0.3 is 0 Å². The lowest BCUT2D eigenvalue weighted by atomic mass is 10.1. The summed E-state index contributed by atoms with van der Waals surface area (Å²) in [5, 5.41) is 0. The molecule has 0 N–H and O–H groups in total. The number of amides is 1. The molecule has 0 aliphatic carbocycles. The first kappa shape index (κ1) is 16.6. The van der Waals surface area contributed by atoms with Crippen molar-refractivity contribution < 1.29 is 9.53 Å². The number of benzene rings is 1. The normalized spacial score (nSPS) is 14.7. The maximum Gasteiger partial charge on any atom is 0.254 e. The molecular weight excluding hydrogens is 352 g/mol. The molecule has 0 radical (unpaired) electrons. The van der Waals surface area contributed by atoms with Crippen LogP contribution in [0.25, 0.3) is 11.0 Å². The number of aromatic nitrogens is 4. The fourth-order valence-corrected chi connectivity index (χ4v) is 3.55. The first-order valence-corrected chi connectivity index (χ1v) is 9.03. The zero-order valence-electron chi connectivity index (χ0n) is 14.5. The van der Waals surface area contributed by atoms with Gasteiger partial charge in [0.15, 0.2) is 0 Å². The Bertz CT molecular complexity index is 951. The van der Waals surface area contributed by atoms with Crippen LogP contribution in [0.5, 0.6) is 5.88 Å². The van der Waals surface area contributed by atoms with Crippen molar-refractivity contribution in [3.63, 3.8) is 0 Å². The molecular formula is C17H18N6O2S. The largest absolute Gasteiger partial charge is 0.481 e. The van der Waals surface area contributed by atoms with Gasteiger partial charge in [-0.3, -0.25) is 4.79 Å². The van der Waals surface area contributed by atoms with Crippen LogP contribution in [-0.4, -0.2) is 62.8 Å². The smallest absolute Gasteiger partial charge is 0.254 e. The molecule has 3 heterocycles. The molecule has 1 aliphatic rings. The predicted octanol–water partition coefficient (Wildman–Crippen LogP) is 1.76. The van der Waals surface area contributed by atoms with Crippen molar-refractivity contribution in [3.8, 4) is 5.88 Å². The third-order valence-corrected chi connectivity index (χ3v) is 4.96. The van der Waals surface area contributed by atoms with E-state index in [4.69, 9.17) is 4.74 Å². The highest BCUT2D eigenvalue weighted by molar-refractivity contribution is 7.00. The molecule has 1 amide bonds. The molecule has 0 spiro atoms. The quantitative estimate of drug-likeness (QED) is 0.694. The number of hydrogen-bond acceptors (Lipinski definition) is 8. The van der Waals surface area contributed by atoms with Crippen LogP contribution in [-0.2, 0) is 0 Å². The highest BCUT2D eigenvalue weighted by Gasteiger charge is 2.24. The van der Waals surface area contributed by atoms with Crippen LogP contribution in [0.2, 0.25) is 0 Å². The summed E-state index contributed by atoms with van der Waals surface area (Å²) in [6, 6.07) is 7.30. The second-order valence-corrected chi connectivity index (χ2v) is 6.59. The number of ether oxygens (including phenoxy) is 1. The summed E-state index contributed by atoms with van der Waals surface area (Å²) >= 11 is 1.16. The van der Waals surface area contributed by atoms with E-state index < -0.39 is 0 Å². The lowest BCUT2D eigenvalue weighted by molar-refractivity contribution is 0.0746. The minimum Gasteiger partial charge on any atom is -0.481 e. The Morgan fingerprint density at radius 2 is 1.85 bits per heavy atom. The number of carbonyl (C=O) groups is 1. The van der Waals surface area contributed by atoms with Crippen LogP contribution >= 0.6 is 11.7 Å². The number of aryl methyl sites for hydroxylation is 1. The summed E-state index contributed by atoms with van der Waals surface area (Å²) in [5.41, 5.74) is 2.24. The monoisotopic (exact) mass is 370 g/mol. The van der Waals surface area contributed by atoms with E-state index in [-0.39, 0.29) is 5.91 Å². The molecule has 1 saturated heterocycles. The molecule has 134 valence electrons. The predicted molar refractivity (Wildman–Crippen MR) is 98.9 cm³/mol.